The van der Waals surface area contributed by atoms with Crippen LogP contribution >= 0.6 is 0 Å². The molecule has 0 spiro atoms. The van der Waals surface area contributed by atoms with Crippen molar-refractivity contribution in [2.24, 2.45) is 5.41 Å². The SMILES string of the molecule is CCOC(=O)[C@]1(CC(=O)O)CCCOC1=O. The number of carboxylic acids is 1. The van der Waals surface area contributed by atoms with Crippen molar-refractivity contribution in [2.75, 3.05) is 13.2 Å². The molecule has 1 aliphatic rings. The lowest BCUT2D eigenvalue weighted by molar-refractivity contribution is -0.181. The van der Waals surface area contributed by atoms with Gasteiger partial charge in [0.2, 0.25) is 0 Å². The topological polar surface area (TPSA) is 89.9 Å². The molecule has 0 aromatic rings. The van der Waals surface area contributed by atoms with Gasteiger partial charge in [-0.1, -0.05) is 0 Å². The minimum Gasteiger partial charge on any atom is -0.481 e. The molecule has 0 radical (unpaired) electrons. The number of esters is 2. The Labute approximate surface area is 92.5 Å². The van der Waals surface area contributed by atoms with Crippen molar-refractivity contribution >= 4 is 17.9 Å². The molecule has 6 heteroatoms. The van der Waals surface area contributed by atoms with E-state index in [4.69, 9.17) is 14.6 Å². The van der Waals surface area contributed by atoms with E-state index < -0.39 is 29.7 Å². The molecule has 0 amide bonds. The van der Waals surface area contributed by atoms with Crippen molar-refractivity contribution in [3.05, 3.63) is 0 Å². The lowest BCUT2D eigenvalue weighted by Gasteiger charge is -2.31. The van der Waals surface area contributed by atoms with E-state index in [1.807, 2.05) is 0 Å². The molecule has 0 saturated carbocycles. The molecule has 0 aromatic carbocycles. The predicted octanol–water partition coefficient (Wildman–Crippen LogP) is 0.348. The molecule has 16 heavy (non-hydrogen) atoms. The summed E-state index contributed by atoms with van der Waals surface area (Å²) in [5, 5.41) is 8.75. The Kier molecular flexibility index (Phi) is 3.87. The van der Waals surface area contributed by atoms with E-state index in [0.717, 1.165) is 0 Å². The van der Waals surface area contributed by atoms with Crippen molar-refractivity contribution in [3.63, 3.8) is 0 Å². The fraction of sp³-hybridized carbons (Fsp3) is 0.700. The number of cyclic esters (lactones) is 1. The molecule has 1 heterocycles. The molecule has 0 aromatic heterocycles. The summed E-state index contributed by atoms with van der Waals surface area (Å²) >= 11 is 0. The molecule has 0 unspecified atom stereocenters. The number of aliphatic carboxylic acids is 1. The highest BCUT2D eigenvalue weighted by Gasteiger charge is 2.52. The Morgan fingerprint density at radius 1 is 1.56 bits per heavy atom. The molecule has 1 aliphatic heterocycles. The minimum atomic E-state index is -1.65. The zero-order valence-corrected chi connectivity index (χ0v) is 9.02. The standard InChI is InChI=1S/C10H14O6/c1-2-15-8(13)10(6-7(11)12)4-3-5-16-9(10)14/h2-6H2,1H3,(H,11,12)/t10-/m1/s1. The van der Waals surface area contributed by atoms with Crippen LogP contribution in [-0.4, -0.2) is 36.2 Å². The largest absolute Gasteiger partial charge is 0.481 e. The first kappa shape index (κ1) is 12.5. The van der Waals surface area contributed by atoms with E-state index in [1.165, 1.54) is 0 Å². The zero-order chi connectivity index (χ0) is 12.2. The molecule has 1 rings (SSSR count). The van der Waals surface area contributed by atoms with Crippen LogP contribution in [-0.2, 0) is 23.9 Å². The Hall–Kier alpha value is -1.59. The van der Waals surface area contributed by atoms with Crippen LogP contribution in [0.4, 0.5) is 0 Å². The van der Waals surface area contributed by atoms with Gasteiger partial charge in [-0.3, -0.25) is 14.4 Å². The van der Waals surface area contributed by atoms with Gasteiger partial charge in [0.25, 0.3) is 0 Å². The number of hydrogen-bond donors (Lipinski definition) is 1. The number of carbonyl (C=O) groups is 3. The summed E-state index contributed by atoms with van der Waals surface area (Å²) in [5.41, 5.74) is -1.65. The Morgan fingerprint density at radius 3 is 2.75 bits per heavy atom. The summed E-state index contributed by atoms with van der Waals surface area (Å²) in [6, 6.07) is 0. The van der Waals surface area contributed by atoms with E-state index >= 15 is 0 Å². The second kappa shape index (κ2) is 4.96. The van der Waals surface area contributed by atoms with E-state index in [-0.39, 0.29) is 19.6 Å². The first-order chi connectivity index (χ1) is 7.53. The summed E-state index contributed by atoms with van der Waals surface area (Å²) in [6.07, 6.45) is 0.0550. The van der Waals surface area contributed by atoms with E-state index in [9.17, 15) is 14.4 Å². The molecule has 1 atom stereocenters. The second-order valence-electron chi connectivity index (χ2n) is 3.61. The van der Waals surface area contributed by atoms with Gasteiger partial charge in [0, 0.05) is 0 Å². The van der Waals surface area contributed by atoms with E-state index in [0.29, 0.717) is 6.42 Å². The third-order valence-corrected chi connectivity index (χ3v) is 2.49. The van der Waals surface area contributed by atoms with E-state index in [2.05, 4.69) is 0 Å². The highest BCUT2D eigenvalue weighted by molar-refractivity contribution is 6.03. The Morgan fingerprint density at radius 2 is 2.25 bits per heavy atom. The fourth-order valence-corrected chi connectivity index (χ4v) is 1.72. The molecular weight excluding hydrogens is 216 g/mol. The van der Waals surface area contributed by atoms with Gasteiger partial charge in [0.05, 0.1) is 19.6 Å². The van der Waals surface area contributed by atoms with Gasteiger partial charge >= 0.3 is 17.9 Å². The third-order valence-electron chi connectivity index (χ3n) is 2.49. The van der Waals surface area contributed by atoms with Crippen LogP contribution in [0.25, 0.3) is 0 Å². The monoisotopic (exact) mass is 230 g/mol. The van der Waals surface area contributed by atoms with Gasteiger partial charge in [0.1, 0.15) is 0 Å². The molecule has 0 bridgehead atoms. The summed E-state index contributed by atoms with van der Waals surface area (Å²) < 4.78 is 9.51. The van der Waals surface area contributed by atoms with Gasteiger partial charge in [-0.15, -0.1) is 0 Å². The van der Waals surface area contributed by atoms with Crippen LogP contribution in [0.5, 0.6) is 0 Å². The molecule has 1 fully saturated rings. The quantitative estimate of drug-likeness (QED) is 0.553. The van der Waals surface area contributed by atoms with E-state index in [1.54, 1.807) is 6.92 Å². The summed E-state index contributed by atoms with van der Waals surface area (Å²) in [6.45, 7) is 1.92. The first-order valence-electron chi connectivity index (χ1n) is 5.09. The summed E-state index contributed by atoms with van der Waals surface area (Å²) in [5.74, 6) is -2.81. The van der Waals surface area contributed by atoms with Crippen LogP contribution < -0.4 is 0 Å². The summed E-state index contributed by atoms with van der Waals surface area (Å²) in [7, 11) is 0. The van der Waals surface area contributed by atoms with Gasteiger partial charge in [-0.2, -0.15) is 0 Å². The average Bonchev–Trinajstić information content (AvgIpc) is 2.21. The lowest BCUT2D eigenvalue weighted by Crippen LogP contribution is -2.46. The maximum atomic E-state index is 11.7. The van der Waals surface area contributed by atoms with Crippen LogP contribution in [0.15, 0.2) is 0 Å². The fourth-order valence-electron chi connectivity index (χ4n) is 1.72. The maximum absolute atomic E-state index is 11.7. The number of carbonyl (C=O) groups excluding carboxylic acids is 2. The van der Waals surface area contributed by atoms with Crippen LogP contribution in [0.2, 0.25) is 0 Å². The normalized spacial score (nSPS) is 24.7. The molecule has 1 saturated heterocycles. The highest BCUT2D eigenvalue weighted by atomic mass is 16.6. The van der Waals surface area contributed by atoms with Gasteiger partial charge in [-0.25, -0.2) is 0 Å². The van der Waals surface area contributed by atoms with Crippen molar-refractivity contribution in [3.8, 4) is 0 Å². The highest BCUT2D eigenvalue weighted by Crippen LogP contribution is 2.35. The molecule has 1 N–H and O–H groups in total. The van der Waals surface area contributed by atoms with Crippen LogP contribution in [0.1, 0.15) is 26.2 Å². The number of hydrogen-bond acceptors (Lipinski definition) is 5. The molecule has 6 nitrogen and oxygen atoms in total. The first-order valence-corrected chi connectivity index (χ1v) is 5.09. The van der Waals surface area contributed by atoms with Gasteiger partial charge < -0.3 is 14.6 Å². The Balaban J connectivity index is 2.94. The average molecular weight is 230 g/mol. The Bertz CT molecular complexity index is 310. The molecular formula is C10H14O6. The second-order valence-corrected chi connectivity index (χ2v) is 3.61. The van der Waals surface area contributed by atoms with Crippen molar-refractivity contribution in [2.45, 2.75) is 26.2 Å². The third kappa shape index (κ3) is 2.32. The predicted molar refractivity (Wildman–Crippen MR) is 51.5 cm³/mol. The lowest BCUT2D eigenvalue weighted by atomic mass is 9.78. The zero-order valence-electron chi connectivity index (χ0n) is 9.02. The number of carboxylic acid groups (broad SMARTS) is 1. The molecule has 90 valence electrons. The van der Waals surface area contributed by atoms with Gasteiger partial charge in [0.15, 0.2) is 5.41 Å². The maximum Gasteiger partial charge on any atom is 0.324 e. The number of ether oxygens (including phenoxy) is 2. The van der Waals surface area contributed by atoms with Crippen molar-refractivity contribution < 1.29 is 29.0 Å². The smallest absolute Gasteiger partial charge is 0.324 e. The van der Waals surface area contributed by atoms with Crippen molar-refractivity contribution in [1.82, 2.24) is 0 Å². The molecule has 0 aliphatic carbocycles. The van der Waals surface area contributed by atoms with Crippen LogP contribution in [0.3, 0.4) is 0 Å². The van der Waals surface area contributed by atoms with Crippen molar-refractivity contribution in [1.29, 1.82) is 0 Å². The van der Waals surface area contributed by atoms with Crippen LogP contribution in [0, 0.1) is 5.41 Å². The summed E-state index contributed by atoms with van der Waals surface area (Å²) in [4.78, 5) is 34.0. The number of rotatable bonds is 4. The van der Waals surface area contributed by atoms with Gasteiger partial charge in [-0.05, 0) is 19.8 Å². The minimum absolute atomic E-state index is 0.105.